The Bertz CT molecular complexity index is 768. The summed E-state index contributed by atoms with van der Waals surface area (Å²) in [5, 5.41) is 14.3. The van der Waals surface area contributed by atoms with E-state index in [2.05, 4.69) is 37.2 Å². The molecule has 3 rings (SSSR count). The van der Waals surface area contributed by atoms with Crippen LogP contribution in [0.3, 0.4) is 0 Å². The van der Waals surface area contributed by atoms with Crippen LogP contribution in [-0.2, 0) is 4.79 Å². The molecule has 0 saturated carbocycles. The molecule has 0 spiro atoms. The Kier molecular flexibility index (Phi) is 6.19. The van der Waals surface area contributed by atoms with E-state index in [1.54, 1.807) is 0 Å². The summed E-state index contributed by atoms with van der Waals surface area (Å²) in [6, 6.07) is 10.1. The van der Waals surface area contributed by atoms with Gasteiger partial charge in [0.05, 0.1) is 17.7 Å². The predicted octanol–water partition coefficient (Wildman–Crippen LogP) is 4.14. The quantitative estimate of drug-likeness (QED) is 0.791. The fourth-order valence-corrected chi connectivity index (χ4v) is 3.96. The standard InChI is InChI=1S/C18H19BrN4OS/c19-15-6-4-13(5-7-15)16-12-25-18(21-16)22-17(24)14-3-1-9-23(11-14)10-2-8-20/h4-7,12,14H,1-3,9-11H2,(H,21,22,24). The molecule has 130 valence electrons. The summed E-state index contributed by atoms with van der Waals surface area (Å²) in [7, 11) is 0. The van der Waals surface area contributed by atoms with Crippen molar-refractivity contribution in [2.24, 2.45) is 5.92 Å². The third-order valence-electron chi connectivity index (χ3n) is 4.29. The first-order chi connectivity index (χ1) is 12.2. The number of hydrogen-bond donors (Lipinski definition) is 1. The van der Waals surface area contributed by atoms with Crippen LogP contribution in [0, 0.1) is 17.2 Å². The number of halogens is 1. The van der Waals surface area contributed by atoms with Gasteiger partial charge in [0.2, 0.25) is 5.91 Å². The number of anilines is 1. The second kappa shape index (κ2) is 8.56. The number of hydrogen-bond acceptors (Lipinski definition) is 5. The Balaban J connectivity index is 1.59. The van der Waals surface area contributed by atoms with Gasteiger partial charge < -0.3 is 10.2 Å². The summed E-state index contributed by atoms with van der Waals surface area (Å²) in [4.78, 5) is 19.3. The maximum atomic E-state index is 12.5. The Morgan fingerprint density at radius 1 is 1.44 bits per heavy atom. The van der Waals surface area contributed by atoms with Gasteiger partial charge in [-0.2, -0.15) is 5.26 Å². The van der Waals surface area contributed by atoms with Gasteiger partial charge >= 0.3 is 0 Å². The lowest BCUT2D eigenvalue weighted by Crippen LogP contribution is -2.41. The van der Waals surface area contributed by atoms with E-state index >= 15 is 0 Å². The lowest BCUT2D eigenvalue weighted by molar-refractivity contribution is -0.121. The number of carbonyl (C=O) groups excluding carboxylic acids is 1. The monoisotopic (exact) mass is 418 g/mol. The van der Waals surface area contributed by atoms with Gasteiger partial charge in [0.25, 0.3) is 0 Å². The van der Waals surface area contributed by atoms with E-state index in [0.717, 1.165) is 48.2 Å². The lowest BCUT2D eigenvalue weighted by atomic mass is 9.97. The van der Waals surface area contributed by atoms with Gasteiger partial charge in [-0.05, 0) is 31.5 Å². The molecule has 1 aromatic heterocycles. The molecule has 1 atom stereocenters. The van der Waals surface area contributed by atoms with Gasteiger partial charge in [-0.3, -0.25) is 4.79 Å². The molecule has 1 N–H and O–H groups in total. The van der Waals surface area contributed by atoms with E-state index in [0.29, 0.717) is 11.6 Å². The summed E-state index contributed by atoms with van der Waals surface area (Å²) in [5.41, 5.74) is 1.90. The number of likely N-dealkylation sites (tertiary alicyclic amines) is 1. The Labute approximate surface area is 159 Å². The van der Waals surface area contributed by atoms with Crippen molar-refractivity contribution in [1.82, 2.24) is 9.88 Å². The smallest absolute Gasteiger partial charge is 0.230 e. The molecule has 1 aliphatic heterocycles. The molecule has 1 aliphatic rings. The molecule has 25 heavy (non-hydrogen) atoms. The highest BCUT2D eigenvalue weighted by Crippen LogP contribution is 2.27. The van der Waals surface area contributed by atoms with E-state index in [4.69, 9.17) is 5.26 Å². The number of benzene rings is 1. The maximum absolute atomic E-state index is 12.5. The fourth-order valence-electron chi connectivity index (χ4n) is 2.97. The van der Waals surface area contributed by atoms with Gasteiger partial charge in [0.1, 0.15) is 0 Å². The molecule has 0 bridgehead atoms. The second-order valence-corrected chi connectivity index (χ2v) is 7.86. The van der Waals surface area contributed by atoms with Gasteiger partial charge in [-0.25, -0.2) is 4.98 Å². The highest BCUT2D eigenvalue weighted by Gasteiger charge is 2.26. The largest absolute Gasteiger partial charge is 0.302 e. The Morgan fingerprint density at radius 2 is 2.24 bits per heavy atom. The molecular weight excluding hydrogens is 400 g/mol. The number of thiazole rings is 1. The average Bonchev–Trinajstić information content (AvgIpc) is 3.09. The van der Waals surface area contributed by atoms with Crippen molar-refractivity contribution >= 4 is 38.3 Å². The third-order valence-corrected chi connectivity index (χ3v) is 5.58. The van der Waals surface area contributed by atoms with E-state index in [-0.39, 0.29) is 11.8 Å². The van der Waals surface area contributed by atoms with Crippen LogP contribution in [0.5, 0.6) is 0 Å². The molecular formula is C18H19BrN4OS. The van der Waals surface area contributed by atoms with Crippen LogP contribution in [-0.4, -0.2) is 35.4 Å². The first kappa shape index (κ1) is 18.1. The Hall–Kier alpha value is -1.75. The SMILES string of the molecule is N#CCCN1CCCC(C(=O)Nc2nc(-c3ccc(Br)cc3)cs2)C1. The molecule has 1 unspecified atom stereocenters. The highest BCUT2D eigenvalue weighted by molar-refractivity contribution is 9.10. The summed E-state index contributed by atoms with van der Waals surface area (Å²) < 4.78 is 1.03. The molecule has 7 heteroatoms. The molecule has 0 aliphatic carbocycles. The van der Waals surface area contributed by atoms with Crippen LogP contribution >= 0.6 is 27.3 Å². The van der Waals surface area contributed by atoms with Crippen LogP contribution in [0.1, 0.15) is 19.3 Å². The van der Waals surface area contributed by atoms with Gasteiger partial charge in [0.15, 0.2) is 5.13 Å². The van der Waals surface area contributed by atoms with E-state index in [1.165, 1.54) is 11.3 Å². The molecule has 1 aromatic carbocycles. The fraction of sp³-hybridized carbons (Fsp3) is 0.389. The van der Waals surface area contributed by atoms with Crippen molar-refractivity contribution in [3.63, 3.8) is 0 Å². The first-order valence-corrected chi connectivity index (χ1v) is 9.94. The molecule has 5 nitrogen and oxygen atoms in total. The highest BCUT2D eigenvalue weighted by atomic mass is 79.9. The van der Waals surface area contributed by atoms with Crippen molar-refractivity contribution in [2.75, 3.05) is 25.0 Å². The predicted molar refractivity (Wildman–Crippen MR) is 103 cm³/mol. The molecule has 1 amide bonds. The minimum atomic E-state index is -0.0347. The van der Waals surface area contributed by atoms with Crippen LogP contribution < -0.4 is 5.32 Å². The number of nitrogens with one attached hydrogen (secondary N) is 1. The summed E-state index contributed by atoms with van der Waals surface area (Å²) >= 11 is 4.87. The number of amides is 1. The zero-order valence-electron chi connectivity index (χ0n) is 13.7. The van der Waals surface area contributed by atoms with Crippen LogP contribution in [0.4, 0.5) is 5.13 Å². The number of nitrogens with zero attached hydrogens (tertiary/aromatic N) is 3. The van der Waals surface area contributed by atoms with Crippen molar-refractivity contribution in [3.05, 3.63) is 34.1 Å². The molecule has 1 saturated heterocycles. The van der Waals surface area contributed by atoms with E-state index in [1.807, 2.05) is 29.6 Å². The summed E-state index contributed by atoms with van der Waals surface area (Å²) in [6.07, 6.45) is 2.39. The lowest BCUT2D eigenvalue weighted by Gasteiger charge is -2.31. The molecule has 1 fully saturated rings. The average molecular weight is 419 g/mol. The van der Waals surface area contributed by atoms with Crippen molar-refractivity contribution in [1.29, 1.82) is 5.26 Å². The van der Waals surface area contributed by atoms with Crippen LogP contribution in [0.25, 0.3) is 11.3 Å². The van der Waals surface area contributed by atoms with Gasteiger partial charge in [0, 0.05) is 34.9 Å². The zero-order chi connectivity index (χ0) is 17.6. The second-order valence-electron chi connectivity index (χ2n) is 6.08. The minimum Gasteiger partial charge on any atom is -0.302 e. The number of piperidine rings is 1. The number of rotatable bonds is 5. The zero-order valence-corrected chi connectivity index (χ0v) is 16.1. The maximum Gasteiger partial charge on any atom is 0.230 e. The van der Waals surface area contributed by atoms with Crippen LogP contribution in [0.2, 0.25) is 0 Å². The summed E-state index contributed by atoms with van der Waals surface area (Å²) in [5.74, 6) is -0.00848. The van der Waals surface area contributed by atoms with Gasteiger partial charge in [-0.15, -0.1) is 11.3 Å². The van der Waals surface area contributed by atoms with Gasteiger partial charge in [-0.1, -0.05) is 28.1 Å². The van der Waals surface area contributed by atoms with E-state index in [9.17, 15) is 4.79 Å². The topological polar surface area (TPSA) is 69.0 Å². The van der Waals surface area contributed by atoms with Crippen molar-refractivity contribution < 1.29 is 4.79 Å². The van der Waals surface area contributed by atoms with Crippen molar-refractivity contribution in [2.45, 2.75) is 19.3 Å². The van der Waals surface area contributed by atoms with E-state index < -0.39 is 0 Å². The van der Waals surface area contributed by atoms with Crippen molar-refractivity contribution in [3.8, 4) is 17.3 Å². The summed E-state index contributed by atoms with van der Waals surface area (Å²) in [6.45, 7) is 2.43. The minimum absolute atomic E-state index is 0.0263. The number of aromatic nitrogens is 1. The number of carbonyl (C=O) groups is 1. The molecule has 2 aromatic rings. The first-order valence-electron chi connectivity index (χ1n) is 8.27. The Morgan fingerprint density at radius 3 is 3.00 bits per heavy atom. The normalized spacial score (nSPS) is 17.8. The molecule has 0 radical (unpaired) electrons. The van der Waals surface area contributed by atoms with Crippen LogP contribution in [0.15, 0.2) is 34.1 Å². The number of nitriles is 1. The third kappa shape index (κ3) is 4.88. The molecule has 2 heterocycles.